The fraction of sp³-hybridized carbons (Fsp3) is 0.0667. The van der Waals surface area contributed by atoms with Gasteiger partial charge in [0.15, 0.2) is 5.96 Å². The molecule has 0 unspecified atom stereocenters. The molecular weight excluding hydrogens is 288 g/mol. The molecule has 2 aromatic carbocycles. The molecule has 0 bridgehead atoms. The first-order chi connectivity index (χ1) is 9.65. The van der Waals surface area contributed by atoms with Crippen LogP contribution >= 0.6 is 12.4 Å². The maximum atomic E-state index is 12.0. The maximum absolute atomic E-state index is 12.0. The Morgan fingerprint density at radius 3 is 2.24 bits per heavy atom. The molecule has 2 rings (SSSR count). The summed E-state index contributed by atoms with van der Waals surface area (Å²) in [6, 6.07) is 16.5. The van der Waals surface area contributed by atoms with Crippen LogP contribution in [0.1, 0.15) is 15.9 Å². The SMILES string of the molecule is Cl.N=C(N)NCc1ccc(C(=O)Nc2ccccc2)cc1. The number of hydrogen-bond acceptors (Lipinski definition) is 2. The largest absolute Gasteiger partial charge is 0.370 e. The third-order valence-electron chi connectivity index (χ3n) is 2.73. The van der Waals surface area contributed by atoms with Gasteiger partial charge in [0, 0.05) is 17.8 Å². The lowest BCUT2D eigenvalue weighted by Crippen LogP contribution is -2.29. The molecule has 0 atom stereocenters. The van der Waals surface area contributed by atoms with Crippen molar-refractivity contribution in [2.75, 3.05) is 5.32 Å². The molecule has 0 aliphatic rings. The van der Waals surface area contributed by atoms with E-state index < -0.39 is 0 Å². The number of carbonyl (C=O) groups excluding carboxylic acids is 1. The minimum absolute atomic E-state index is 0. The second-order valence-corrected chi connectivity index (χ2v) is 4.28. The maximum Gasteiger partial charge on any atom is 0.255 e. The average Bonchev–Trinajstić information content (AvgIpc) is 2.46. The molecule has 0 radical (unpaired) electrons. The van der Waals surface area contributed by atoms with Crippen molar-refractivity contribution >= 4 is 30.0 Å². The van der Waals surface area contributed by atoms with Gasteiger partial charge in [0.05, 0.1) is 0 Å². The Morgan fingerprint density at radius 1 is 1.05 bits per heavy atom. The van der Waals surface area contributed by atoms with Crippen LogP contribution < -0.4 is 16.4 Å². The van der Waals surface area contributed by atoms with Crippen LogP contribution in [0.25, 0.3) is 0 Å². The second-order valence-electron chi connectivity index (χ2n) is 4.28. The monoisotopic (exact) mass is 304 g/mol. The van der Waals surface area contributed by atoms with Crippen LogP contribution in [0.3, 0.4) is 0 Å². The molecule has 5 N–H and O–H groups in total. The van der Waals surface area contributed by atoms with Crippen molar-refractivity contribution in [3.8, 4) is 0 Å². The molecule has 0 heterocycles. The number of carbonyl (C=O) groups is 1. The number of nitrogens with one attached hydrogen (secondary N) is 3. The molecule has 0 aromatic heterocycles. The molecule has 0 fully saturated rings. The van der Waals surface area contributed by atoms with Crippen molar-refractivity contribution in [2.45, 2.75) is 6.54 Å². The number of nitrogens with two attached hydrogens (primary N) is 1. The molecule has 0 saturated carbocycles. The van der Waals surface area contributed by atoms with Crippen LogP contribution in [-0.2, 0) is 6.54 Å². The van der Waals surface area contributed by atoms with Gasteiger partial charge < -0.3 is 16.4 Å². The van der Waals surface area contributed by atoms with E-state index in [1.54, 1.807) is 12.1 Å². The lowest BCUT2D eigenvalue weighted by atomic mass is 10.1. The molecule has 0 spiro atoms. The molecular formula is C15H17ClN4O. The Morgan fingerprint density at radius 2 is 1.67 bits per heavy atom. The first-order valence-electron chi connectivity index (χ1n) is 6.18. The van der Waals surface area contributed by atoms with Gasteiger partial charge in [-0.1, -0.05) is 30.3 Å². The molecule has 6 heteroatoms. The van der Waals surface area contributed by atoms with E-state index >= 15 is 0 Å². The van der Waals surface area contributed by atoms with E-state index in [0.29, 0.717) is 12.1 Å². The molecule has 110 valence electrons. The van der Waals surface area contributed by atoms with Gasteiger partial charge in [-0.05, 0) is 29.8 Å². The van der Waals surface area contributed by atoms with E-state index in [4.69, 9.17) is 11.1 Å². The summed E-state index contributed by atoms with van der Waals surface area (Å²) in [5.74, 6) is -0.224. The summed E-state index contributed by atoms with van der Waals surface area (Å²) in [7, 11) is 0. The first-order valence-corrected chi connectivity index (χ1v) is 6.18. The lowest BCUT2D eigenvalue weighted by molar-refractivity contribution is 0.102. The van der Waals surface area contributed by atoms with E-state index in [9.17, 15) is 4.79 Å². The fourth-order valence-electron chi connectivity index (χ4n) is 1.70. The summed E-state index contributed by atoms with van der Waals surface area (Å²) in [5.41, 5.74) is 7.51. The Balaban J connectivity index is 0.00000220. The summed E-state index contributed by atoms with van der Waals surface area (Å²) in [5, 5.41) is 12.6. The summed E-state index contributed by atoms with van der Waals surface area (Å²) in [6.07, 6.45) is 0. The van der Waals surface area contributed by atoms with Gasteiger partial charge in [0.25, 0.3) is 5.91 Å². The third-order valence-corrected chi connectivity index (χ3v) is 2.73. The molecule has 0 aliphatic heterocycles. The van der Waals surface area contributed by atoms with Crippen LogP contribution in [0.4, 0.5) is 5.69 Å². The Kier molecular flexibility index (Phi) is 6.23. The van der Waals surface area contributed by atoms with Crippen molar-refractivity contribution in [3.63, 3.8) is 0 Å². The van der Waals surface area contributed by atoms with Crippen molar-refractivity contribution in [1.29, 1.82) is 5.41 Å². The Hall–Kier alpha value is -2.53. The number of rotatable bonds is 4. The van der Waals surface area contributed by atoms with Crippen molar-refractivity contribution < 1.29 is 4.79 Å². The van der Waals surface area contributed by atoms with Gasteiger partial charge in [-0.15, -0.1) is 12.4 Å². The van der Waals surface area contributed by atoms with Gasteiger partial charge >= 0.3 is 0 Å². The summed E-state index contributed by atoms with van der Waals surface area (Å²) in [6.45, 7) is 0.468. The van der Waals surface area contributed by atoms with E-state index in [2.05, 4.69) is 10.6 Å². The summed E-state index contributed by atoms with van der Waals surface area (Å²) < 4.78 is 0. The molecule has 2 aromatic rings. The molecule has 21 heavy (non-hydrogen) atoms. The number of para-hydroxylation sites is 1. The van der Waals surface area contributed by atoms with E-state index in [1.165, 1.54) is 0 Å². The molecule has 0 saturated heterocycles. The van der Waals surface area contributed by atoms with Crippen LogP contribution in [0.5, 0.6) is 0 Å². The smallest absolute Gasteiger partial charge is 0.255 e. The number of anilines is 1. The quantitative estimate of drug-likeness (QED) is 0.516. The molecule has 0 aliphatic carbocycles. The topological polar surface area (TPSA) is 91.0 Å². The highest BCUT2D eigenvalue weighted by molar-refractivity contribution is 6.04. The van der Waals surface area contributed by atoms with E-state index in [0.717, 1.165) is 11.3 Å². The normalized spacial score (nSPS) is 9.33. The second kappa shape index (κ2) is 7.91. The Bertz CT molecular complexity index is 599. The zero-order valence-corrected chi connectivity index (χ0v) is 12.1. The van der Waals surface area contributed by atoms with Crippen molar-refractivity contribution in [2.24, 2.45) is 5.73 Å². The standard InChI is InChI=1S/C15H16N4O.ClH/c16-15(17)18-10-11-6-8-12(9-7-11)14(20)19-13-4-2-1-3-5-13;/h1-9H,10H2,(H,19,20)(H4,16,17,18);1H. The fourth-order valence-corrected chi connectivity index (χ4v) is 1.70. The van der Waals surface area contributed by atoms with Crippen LogP contribution in [0.2, 0.25) is 0 Å². The third kappa shape index (κ3) is 5.16. The lowest BCUT2D eigenvalue weighted by Gasteiger charge is -2.07. The Labute approximate surface area is 129 Å². The number of benzene rings is 2. The highest BCUT2D eigenvalue weighted by Crippen LogP contribution is 2.09. The average molecular weight is 305 g/mol. The van der Waals surface area contributed by atoms with Crippen LogP contribution in [0, 0.1) is 5.41 Å². The van der Waals surface area contributed by atoms with E-state index in [1.807, 2.05) is 42.5 Å². The van der Waals surface area contributed by atoms with Gasteiger partial charge in [0.1, 0.15) is 0 Å². The van der Waals surface area contributed by atoms with E-state index in [-0.39, 0.29) is 24.3 Å². The first kappa shape index (κ1) is 16.5. The number of halogens is 1. The van der Waals surface area contributed by atoms with Crippen LogP contribution in [-0.4, -0.2) is 11.9 Å². The van der Waals surface area contributed by atoms with Crippen molar-refractivity contribution in [1.82, 2.24) is 5.32 Å². The highest BCUT2D eigenvalue weighted by Gasteiger charge is 2.05. The molecule has 5 nitrogen and oxygen atoms in total. The molecule has 1 amide bonds. The predicted octanol–water partition coefficient (Wildman–Crippen LogP) is 2.34. The minimum atomic E-state index is -0.151. The summed E-state index contributed by atoms with van der Waals surface area (Å²) >= 11 is 0. The summed E-state index contributed by atoms with van der Waals surface area (Å²) in [4.78, 5) is 12.0. The van der Waals surface area contributed by atoms with Crippen LogP contribution in [0.15, 0.2) is 54.6 Å². The van der Waals surface area contributed by atoms with Crippen molar-refractivity contribution in [3.05, 3.63) is 65.7 Å². The van der Waals surface area contributed by atoms with Gasteiger partial charge in [0.2, 0.25) is 0 Å². The van der Waals surface area contributed by atoms with Gasteiger partial charge in [-0.3, -0.25) is 10.2 Å². The number of guanidine groups is 1. The zero-order chi connectivity index (χ0) is 14.4. The minimum Gasteiger partial charge on any atom is -0.370 e. The zero-order valence-electron chi connectivity index (χ0n) is 11.3. The van der Waals surface area contributed by atoms with Gasteiger partial charge in [-0.2, -0.15) is 0 Å². The predicted molar refractivity (Wildman–Crippen MR) is 86.8 cm³/mol. The number of amides is 1. The number of hydrogen-bond donors (Lipinski definition) is 4. The van der Waals surface area contributed by atoms with Gasteiger partial charge in [-0.25, -0.2) is 0 Å². The highest BCUT2D eigenvalue weighted by atomic mass is 35.5.